The van der Waals surface area contributed by atoms with Crippen LogP contribution in [0.1, 0.15) is 11.3 Å². The van der Waals surface area contributed by atoms with Gasteiger partial charge in [-0.15, -0.1) is 0 Å². The number of hydrogen-bond acceptors (Lipinski definition) is 4. The standard InChI is InChI=1S/C13H17N3OS/c1-9-10(8-14)13(16(2)15-9)18-12-7-5-4-6-11(12)17-3/h4-7H,8,14H2,1-3H3. The number of nitrogens with zero attached hydrogens (tertiary/aromatic N) is 2. The molecule has 0 aliphatic rings. The van der Waals surface area contributed by atoms with Crippen LogP contribution in [0.4, 0.5) is 0 Å². The highest BCUT2D eigenvalue weighted by molar-refractivity contribution is 7.99. The maximum absolute atomic E-state index is 5.79. The number of rotatable bonds is 4. The van der Waals surface area contributed by atoms with Crippen molar-refractivity contribution >= 4 is 11.8 Å². The molecule has 18 heavy (non-hydrogen) atoms. The molecule has 1 aromatic carbocycles. The second-order valence-corrected chi connectivity index (χ2v) is 4.98. The highest BCUT2D eigenvalue weighted by Gasteiger charge is 2.14. The summed E-state index contributed by atoms with van der Waals surface area (Å²) < 4.78 is 7.23. The Bertz CT molecular complexity index is 551. The van der Waals surface area contributed by atoms with Crippen molar-refractivity contribution in [3.05, 3.63) is 35.5 Å². The molecule has 0 amide bonds. The molecule has 0 aliphatic carbocycles. The second-order valence-electron chi connectivity index (χ2n) is 3.95. The Morgan fingerprint density at radius 1 is 1.39 bits per heavy atom. The van der Waals surface area contributed by atoms with E-state index in [2.05, 4.69) is 5.10 Å². The van der Waals surface area contributed by atoms with Gasteiger partial charge < -0.3 is 10.5 Å². The third kappa shape index (κ3) is 2.37. The molecule has 4 nitrogen and oxygen atoms in total. The third-order valence-electron chi connectivity index (χ3n) is 2.77. The largest absolute Gasteiger partial charge is 0.496 e. The van der Waals surface area contributed by atoms with Gasteiger partial charge in [-0.25, -0.2) is 0 Å². The number of aromatic nitrogens is 2. The van der Waals surface area contributed by atoms with Gasteiger partial charge in [0.25, 0.3) is 0 Å². The Kier molecular flexibility index (Phi) is 3.93. The molecule has 96 valence electrons. The van der Waals surface area contributed by atoms with Gasteiger partial charge in [-0.1, -0.05) is 23.9 Å². The first-order chi connectivity index (χ1) is 8.67. The zero-order valence-electron chi connectivity index (χ0n) is 10.8. The highest BCUT2D eigenvalue weighted by atomic mass is 32.2. The average Bonchev–Trinajstić information content (AvgIpc) is 2.64. The van der Waals surface area contributed by atoms with Gasteiger partial charge in [0.15, 0.2) is 0 Å². The molecule has 2 aromatic rings. The van der Waals surface area contributed by atoms with E-state index >= 15 is 0 Å². The van der Waals surface area contributed by atoms with Crippen molar-refractivity contribution in [2.24, 2.45) is 12.8 Å². The summed E-state index contributed by atoms with van der Waals surface area (Å²) in [5.41, 5.74) is 7.87. The lowest BCUT2D eigenvalue weighted by Gasteiger charge is -2.09. The molecule has 0 bridgehead atoms. The van der Waals surface area contributed by atoms with Crippen molar-refractivity contribution in [2.75, 3.05) is 7.11 Å². The molecule has 0 atom stereocenters. The van der Waals surface area contributed by atoms with E-state index in [1.807, 2.05) is 42.9 Å². The summed E-state index contributed by atoms with van der Waals surface area (Å²) in [6, 6.07) is 7.94. The number of nitrogens with two attached hydrogens (primary N) is 1. The van der Waals surface area contributed by atoms with Gasteiger partial charge in [-0.2, -0.15) is 5.10 Å². The fourth-order valence-electron chi connectivity index (χ4n) is 1.85. The molecule has 2 rings (SSSR count). The van der Waals surface area contributed by atoms with E-state index < -0.39 is 0 Å². The van der Waals surface area contributed by atoms with Gasteiger partial charge in [0.2, 0.25) is 0 Å². The lowest BCUT2D eigenvalue weighted by molar-refractivity contribution is 0.405. The topological polar surface area (TPSA) is 53.1 Å². The molecule has 1 heterocycles. The van der Waals surface area contributed by atoms with E-state index in [1.165, 1.54) is 0 Å². The SMILES string of the molecule is COc1ccccc1Sc1c(CN)c(C)nn1C. The normalized spacial score (nSPS) is 10.7. The van der Waals surface area contributed by atoms with E-state index in [0.717, 1.165) is 26.9 Å². The lowest BCUT2D eigenvalue weighted by Crippen LogP contribution is -2.00. The molecule has 2 N–H and O–H groups in total. The molecule has 0 radical (unpaired) electrons. The predicted octanol–water partition coefficient (Wildman–Crippen LogP) is 2.35. The summed E-state index contributed by atoms with van der Waals surface area (Å²) in [5.74, 6) is 0.865. The average molecular weight is 263 g/mol. The van der Waals surface area contributed by atoms with E-state index in [9.17, 15) is 0 Å². The number of aryl methyl sites for hydroxylation is 2. The van der Waals surface area contributed by atoms with Gasteiger partial charge in [-0.3, -0.25) is 4.68 Å². The minimum Gasteiger partial charge on any atom is -0.496 e. The van der Waals surface area contributed by atoms with Crippen LogP contribution in [0.25, 0.3) is 0 Å². The van der Waals surface area contributed by atoms with Gasteiger partial charge in [0.1, 0.15) is 10.8 Å². The Labute approximate surface area is 111 Å². The molecule has 5 heteroatoms. The monoisotopic (exact) mass is 263 g/mol. The molecule has 1 aromatic heterocycles. The van der Waals surface area contributed by atoms with Crippen LogP contribution in [0.2, 0.25) is 0 Å². The van der Waals surface area contributed by atoms with Crippen molar-refractivity contribution in [3.8, 4) is 5.75 Å². The van der Waals surface area contributed by atoms with Gasteiger partial charge in [-0.05, 0) is 19.1 Å². The molecule has 0 unspecified atom stereocenters. The summed E-state index contributed by atoms with van der Waals surface area (Å²) in [4.78, 5) is 1.07. The van der Waals surface area contributed by atoms with Crippen LogP contribution >= 0.6 is 11.8 Å². The second kappa shape index (κ2) is 5.46. The van der Waals surface area contributed by atoms with Crippen molar-refractivity contribution in [2.45, 2.75) is 23.4 Å². The molecule has 0 spiro atoms. The number of para-hydroxylation sites is 1. The van der Waals surface area contributed by atoms with E-state index in [-0.39, 0.29) is 0 Å². The van der Waals surface area contributed by atoms with E-state index in [4.69, 9.17) is 10.5 Å². The number of ether oxygens (including phenoxy) is 1. The van der Waals surface area contributed by atoms with E-state index in [1.54, 1.807) is 18.9 Å². The van der Waals surface area contributed by atoms with Crippen LogP contribution in [-0.2, 0) is 13.6 Å². The maximum Gasteiger partial charge on any atom is 0.132 e. The number of benzene rings is 1. The van der Waals surface area contributed by atoms with Crippen molar-refractivity contribution in [3.63, 3.8) is 0 Å². The first-order valence-electron chi connectivity index (χ1n) is 5.70. The van der Waals surface area contributed by atoms with Crippen molar-refractivity contribution in [1.29, 1.82) is 0 Å². The summed E-state index contributed by atoms with van der Waals surface area (Å²) in [7, 11) is 3.61. The summed E-state index contributed by atoms with van der Waals surface area (Å²) in [6.45, 7) is 2.48. The zero-order valence-corrected chi connectivity index (χ0v) is 11.6. The minimum atomic E-state index is 0.497. The molecule has 0 aliphatic heterocycles. The quantitative estimate of drug-likeness (QED) is 0.920. The zero-order chi connectivity index (χ0) is 13.1. The third-order valence-corrected chi connectivity index (χ3v) is 4.03. The van der Waals surface area contributed by atoms with E-state index in [0.29, 0.717) is 6.54 Å². The maximum atomic E-state index is 5.79. The fourth-order valence-corrected chi connectivity index (χ4v) is 2.98. The van der Waals surface area contributed by atoms with Crippen molar-refractivity contribution in [1.82, 2.24) is 9.78 Å². The Balaban J connectivity index is 2.39. The molecular formula is C13H17N3OS. The van der Waals surface area contributed by atoms with Crippen LogP contribution in [0.15, 0.2) is 34.2 Å². The summed E-state index contributed by atoms with van der Waals surface area (Å²) in [5, 5.41) is 5.48. The molecule has 0 fully saturated rings. The first-order valence-corrected chi connectivity index (χ1v) is 6.52. The molecule has 0 saturated carbocycles. The Morgan fingerprint density at radius 2 is 2.11 bits per heavy atom. The van der Waals surface area contributed by atoms with Crippen LogP contribution in [0.3, 0.4) is 0 Å². The molecular weight excluding hydrogens is 246 g/mol. The number of methoxy groups -OCH3 is 1. The summed E-state index contributed by atoms with van der Waals surface area (Å²) in [6.07, 6.45) is 0. The van der Waals surface area contributed by atoms with Crippen molar-refractivity contribution < 1.29 is 4.74 Å². The minimum absolute atomic E-state index is 0.497. The predicted molar refractivity (Wildman–Crippen MR) is 73.0 cm³/mol. The summed E-state index contributed by atoms with van der Waals surface area (Å²) >= 11 is 1.63. The number of hydrogen-bond donors (Lipinski definition) is 1. The smallest absolute Gasteiger partial charge is 0.132 e. The lowest BCUT2D eigenvalue weighted by atomic mass is 10.3. The van der Waals surface area contributed by atoms with Crippen LogP contribution in [0, 0.1) is 6.92 Å². The Hall–Kier alpha value is -1.46. The molecule has 0 saturated heterocycles. The van der Waals surface area contributed by atoms with Crippen LogP contribution in [-0.4, -0.2) is 16.9 Å². The first kappa shape index (κ1) is 13.0. The van der Waals surface area contributed by atoms with Gasteiger partial charge in [0.05, 0.1) is 17.7 Å². The van der Waals surface area contributed by atoms with Gasteiger partial charge in [0, 0.05) is 19.2 Å². The van der Waals surface area contributed by atoms with Gasteiger partial charge >= 0.3 is 0 Å². The Morgan fingerprint density at radius 3 is 2.78 bits per heavy atom. The highest BCUT2D eigenvalue weighted by Crippen LogP contribution is 2.36. The van der Waals surface area contributed by atoms with Crippen LogP contribution in [0.5, 0.6) is 5.75 Å². The fraction of sp³-hybridized carbons (Fsp3) is 0.308. The van der Waals surface area contributed by atoms with Crippen LogP contribution < -0.4 is 10.5 Å².